The third-order valence-electron chi connectivity index (χ3n) is 5.82. The average Bonchev–Trinajstić information content (AvgIpc) is 3.25. The van der Waals surface area contributed by atoms with Crippen LogP contribution in [0.3, 0.4) is 0 Å². The van der Waals surface area contributed by atoms with Crippen molar-refractivity contribution in [1.29, 1.82) is 0 Å². The maximum Gasteiger partial charge on any atom is 0.264 e. The summed E-state index contributed by atoms with van der Waals surface area (Å²) in [5.74, 6) is -0.280. The first-order valence-electron chi connectivity index (χ1n) is 10.0. The van der Waals surface area contributed by atoms with Gasteiger partial charge in [-0.05, 0) is 51.0 Å². The molecule has 6 heteroatoms. The predicted molar refractivity (Wildman–Crippen MR) is 118 cm³/mol. The second-order valence-electron chi connectivity index (χ2n) is 7.94. The lowest BCUT2D eigenvalue weighted by molar-refractivity contribution is 0.0980. The molecule has 3 heterocycles. The second-order valence-corrected chi connectivity index (χ2v) is 7.94. The average molecular weight is 398 g/mol. The number of aromatic amines is 1. The largest absolute Gasteiger partial charge is 0.345 e. The van der Waals surface area contributed by atoms with Crippen molar-refractivity contribution in [3.05, 3.63) is 87.3 Å². The highest BCUT2D eigenvalue weighted by molar-refractivity contribution is 6.08. The highest BCUT2D eigenvalue weighted by Crippen LogP contribution is 2.32. The van der Waals surface area contributed by atoms with Gasteiger partial charge in [0.1, 0.15) is 11.2 Å². The number of aromatic nitrogens is 3. The number of hydrogen-bond donors (Lipinski definition) is 1. The minimum atomic E-state index is -0.291. The molecule has 1 N–H and O–H groups in total. The predicted octanol–water partition coefficient (Wildman–Crippen LogP) is 3.92. The first kappa shape index (κ1) is 18.4. The van der Waals surface area contributed by atoms with E-state index in [1.165, 1.54) is 6.20 Å². The van der Waals surface area contributed by atoms with Crippen molar-refractivity contribution in [2.24, 2.45) is 0 Å². The number of anilines is 1. The Hall–Kier alpha value is -3.67. The molecule has 1 aliphatic rings. The molecule has 2 aromatic carbocycles. The summed E-state index contributed by atoms with van der Waals surface area (Å²) in [6.45, 7) is 5.82. The Balaban J connectivity index is 1.63. The highest BCUT2D eigenvalue weighted by atomic mass is 16.2. The summed E-state index contributed by atoms with van der Waals surface area (Å²) in [7, 11) is 0. The van der Waals surface area contributed by atoms with Crippen LogP contribution < -0.4 is 10.3 Å². The zero-order chi connectivity index (χ0) is 21.0. The third kappa shape index (κ3) is 2.68. The molecule has 2 aromatic heterocycles. The molecule has 0 saturated heterocycles. The first-order valence-corrected chi connectivity index (χ1v) is 10.0. The van der Waals surface area contributed by atoms with Crippen LogP contribution in [0, 0.1) is 13.8 Å². The van der Waals surface area contributed by atoms with Gasteiger partial charge in [0.25, 0.3) is 5.91 Å². The normalized spacial score (nSPS) is 15.6. The number of nitrogens with zero attached hydrogens (tertiary/aromatic N) is 3. The lowest BCUT2D eigenvalue weighted by Crippen LogP contribution is -2.38. The molecule has 0 bridgehead atoms. The van der Waals surface area contributed by atoms with Crippen LogP contribution in [-0.2, 0) is 6.42 Å². The van der Waals surface area contributed by atoms with Gasteiger partial charge >= 0.3 is 0 Å². The minimum Gasteiger partial charge on any atom is -0.345 e. The molecule has 1 aliphatic heterocycles. The van der Waals surface area contributed by atoms with Crippen LogP contribution in [0.2, 0.25) is 0 Å². The number of fused-ring (bicyclic) bond motifs is 2. The van der Waals surface area contributed by atoms with E-state index in [4.69, 9.17) is 0 Å². The van der Waals surface area contributed by atoms with E-state index in [0.29, 0.717) is 16.7 Å². The van der Waals surface area contributed by atoms with E-state index in [9.17, 15) is 9.59 Å². The number of hydrogen-bond acceptors (Lipinski definition) is 3. The molecule has 1 atom stereocenters. The van der Waals surface area contributed by atoms with Crippen molar-refractivity contribution < 1.29 is 4.79 Å². The summed E-state index contributed by atoms with van der Waals surface area (Å²) in [6, 6.07) is 15.8. The molecule has 150 valence electrons. The number of H-pyrrole nitrogens is 1. The highest BCUT2D eigenvalue weighted by Gasteiger charge is 2.33. The number of carbonyl (C=O) groups excluding carboxylic acids is 1. The second kappa shape index (κ2) is 6.69. The number of pyridine rings is 1. The van der Waals surface area contributed by atoms with Gasteiger partial charge in [-0.2, -0.15) is 5.10 Å². The number of nitrogens with one attached hydrogen (secondary N) is 1. The third-order valence-corrected chi connectivity index (χ3v) is 5.82. The van der Waals surface area contributed by atoms with Crippen LogP contribution in [0.25, 0.3) is 16.7 Å². The van der Waals surface area contributed by atoms with E-state index in [-0.39, 0.29) is 22.9 Å². The van der Waals surface area contributed by atoms with Crippen molar-refractivity contribution in [1.82, 2.24) is 14.8 Å². The lowest BCUT2D eigenvalue weighted by Gasteiger charge is -2.22. The topological polar surface area (TPSA) is 71.0 Å². The smallest absolute Gasteiger partial charge is 0.264 e. The molecule has 30 heavy (non-hydrogen) atoms. The van der Waals surface area contributed by atoms with Crippen LogP contribution in [0.15, 0.2) is 59.5 Å². The van der Waals surface area contributed by atoms with Crippen molar-refractivity contribution in [3.63, 3.8) is 0 Å². The minimum absolute atomic E-state index is 0.00127. The number of rotatable bonds is 2. The number of carbonyl (C=O) groups is 1. The zero-order valence-corrected chi connectivity index (χ0v) is 17.1. The Morgan fingerprint density at radius 3 is 2.60 bits per heavy atom. The maximum atomic E-state index is 13.4. The van der Waals surface area contributed by atoms with Crippen LogP contribution in [-0.4, -0.2) is 26.7 Å². The van der Waals surface area contributed by atoms with Crippen molar-refractivity contribution >= 4 is 22.6 Å². The summed E-state index contributed by atoms with van der Waals surface area (Å²) >= 11 is 0. The fourth-order valence-corrected chi connectivity index (χ4v) is 4.31. The molecule has 0 aliphatic carbocycles. The van der Waals surface area contributed by atoms with E-state index < -0.39 is 0 Å². The van der Waals surface area contributed by atoms with Crippen LogP contribution in [0.4, 0.5) is 5.69 Å². The molecule has 4 aromatic rings. The van der Waals surface area contributed by atoms with Gasteiger partial charge in [-0.25, -0.2) is 4.68 Å². The molecule has 0 unspecified atom stereocenters. The molecule has 0 radical (unpaired) electrons. The molecular weight excluding hydrogens is 376 g/mol. The van der Waals surface area contributed by atoms with Gasteiger partial charge in [-0.1, -0.05) is 35.9 Å². The Labute approximate surface area is 173 Å². The Bertz CT molecular complexity index is 1350. The monoisotopic (exact) mass is 398 g/mol. The van der Waals surface area contributed by atoms with Gasteiger partial charge in [0.15, 0.2) is 0 Å². The Morgan fingerprint density at radius 2 is 1.83 bits per heavy atom. The lowest BCUT2D eigenvalue weighted by atomic mass is 10.1. The van der Waals surface area contributed by atoms with Crippen LogP contribution in [0.5, 0.6) is 0 Å². The van der Waals surface area contributed by atoms with Gasteiger partial charge in [0.05, 0.1) is 16.8 Å². The molecular formula is C24H22N4O2. The van der Waals surface area contributed by atoms with Gasteiger partial charge in [0.2, 0.25) is 5.43 Å². The van der Waals surface area contributed by atoms with Gasteiger partial charge in [0, 0.05) is 17.9 Å². The van der Waals surface area contributed by atoms with E-state index in [1.54, 1.807) is 16.5 Å². The Kier molecular flexibility index (Phi) is 4.10. The van der Waals surface area contributed by atoms with Gasteiger partial charge in [-0.3, -0.25) is 9.59 Å². The van der Waals surface area contributed by atoms with E-state index >= 15 is 0 Å². The number of amides is 1. The molecule has 1 amide bonds. The van der Waals surface area contributed by atoms with Crippen molar-refractivity contribution in [2.45, 2.75) is 33.2 Å². The summed E-state index contributed by atoms with van der Waals surface area (Å²) in [6.07, 6.45) is 2.30. The van der Waals surface area contributed by atoms with Crippen LogP contribution in [0.1, 0.15) is 34.1 Å². The Morgan fingerprint density at radius 1 is 1.10 bits per heavy atom. The number of benzene rings is 2. The van der Waals surface area contributed by atoms with E-state index in [0.717, 1.165) is 28.9 Å². The fraction of sp³-hybridized carbons (Fsp3) is 0.208. The summed E-state index contributed by atoms with van der Waals surface area (Å²) in [5, 5.41) is 5.01. The number of aryl methyl sites for hydroxylation is 2. The molecule has 6 nitrogen and oxygen atoms in total. The fourth-order valence-electron chi connectivity index (χ4n) is 4.31. The maximum absolute atomic E-state index is 13.4. The number of para-hydroxylation sites is 1. The van der Waals surface area contributed by atoms with E-state index in [1.807, 2.05) is 62.4 Å². The SMILES string of the molecule is Cc1ccc(-n2nc(C)c3c(=O)c(C(=O)N4c5ccccc5C[C@H]4C)c[nH]c32)cc1. The van der Waals surface area contributed by atoms with Crippen LogP contribution >= 0.6 is 0 Å². The summed E-state index contributed by atoms with van der Waals surface area (Å²) in [5.41, 5.74) is 5.03. The van der Waals surface area contributed by atoms with Gasteiger partial charge < -0.3 is 9.88 Å². The van der Waals surface area contributed by atoms with Crippen molar-refractivity contribution in [2.75, 3.05) is 4.90 Å². The molecule has 0 fully saturated rings. The summed E-state index contributed by atoms with van der Waals surface area (Å²) < 4.78 is 1.72. The van der Waals surface area contributed by atoms with E-state index in [2.05, 4.69) is 10.1 Å². The first-order chi connectivity index (χ1) is 14.5. The molecule has 0 spiro atoms. The molecule has 0 saturated carbocycles. The van der Waals surface area contributed by atoms with Crippen molar-refractivity contribution in [3.8, 4) is 5.69 Å². The standard InChI is InChI=1S/C24H22N4O2/c1-14-8-10-18(11-9-14)28-23-21(16(3)26-28)22(29)19(13-25-23)24(30)27-15(2)12-17-6-4-5-7-20(17)27/h4-11,13,15H,12H2,1-3H3,(H,25,29)/t15-/m1/s1. The zero-order valence-electron chi connectivity index (χ0n) is 17.1. The summed E-state index contributed by atoms with van der Waals surface area (Å²) in [4.78, 5) is 31.6. The molecule has 5 rings (SSSR count). The van der Waals surface area contributed by atoms with Gasteiger partial charge in [-0.15, -0.1) is 0 Å². The quantitative estimate of drug-likeness (QED) is 0.556.